The Balaban J connectivity index is 1.41. The fraction of sp³-hybridized carbons (Fsp3) is 0.458. The van der Waals surface area contributed by atoms with Gasteiger partial charge in [0.25, 0.3) is 0 Å². The zero-order valence-electron chi connectivity index (χ0n) is 17.8. The number of carbonyl (C=O) groups excluding carboxylic acids is 1. The van der Waals surface area contributed by atoms with Gasteiger partial charge < -0.3 is 20.3 Å². The van der Waals surface area contributed by atoms with E-state index in [-0.39, 0.29) is 12.1 Å². The maximum absolute atomic E-state index is 12.7. The first kappa shape index (κ1) is 20.5. The summed E-state index contributed by atoms with van der Waals surface area (Å²) in [4.78, 5) is 17.5. The van der Waals surface area contributed by atoms with Gasteiger partial charge in [0.2, 0.25) is 0 Å². The highest BCUT2D eigenvalue weighted by atomic mass is 16.5. The number of amides is 2. The maximum Gasteiger partial charge on any atom is 0.319 e. The first-order valence-corrected chi connectivity index (χ1v) is 11.0. The molecule has 1 atom stereocenters. The van der Waals surface area contributed by atoms with E-state index in [9.17, 15) is 4.79 Å². The summed E-state index contributed by atoms with van der Waals surface area (Å²) in [5.74, 6) is 0.870. The van der Waals surface area contributed by atoms with Crippen LogP contribution in [-0.2, 0) is 0 Å². The number of nitrogens with zero attached hydrogens (tertiary/aromatic N) is 2. The number of ether oxygens (including phenoxy) is 1. The van der Waals surface area contributed by atoms with Crippen molar-refractivity contribution in [2.24, 2.45) is 0 Å². The van der Waals surface area contributed by atoms with E-state index in [2.05, 4.69) is 38.6 Å². The number of rotatable bonds is 7. The lowest BCUT2D eigenvalue weighted by Gasteiger charge is -2.29. The zero-order chi connectivity index (χ0) is 20.8. The Bertz CT molecular complexity index is 845. The largest absolute Gasteiger partial charge is 0.496 e. The van der Waals surface area contributed by atoms with Gasteiger partial charge in [-0.3, -0.25) is 4.90 Å². The van der Waals surface area contributed by atoms with E-state index >= 15 is 0 Å². The minimum atomic E-state index is -0.173. The highest BCUT2D eigenvalue weighted by molar-refractivity contribution is 5.89. The number of urea groups is 1. The Hall–Kier alpha value is -2.73. The van der Waals surface area contributed by atoms with Crippen molar-refractivity contribution in [2.75, 3.05) is 50.1 Å². The normalized spacial score (nSPS) is 17.7. The number of methoxy groups -OCH3 is 1. The van der Waals surface area contributed by atoms with E-state index in [4.69, 9.17) is 4.74 Å². The standard InChI is InChI=1S/C24H32N4O2/c1-30-23-12-3-2-11-21(23)22(28-15-6-7-16-28)18-25-24(29)26-19-9-8-10-20(17-19)27-13-4-5-14-27/h2-3,8-12,17,22H,4-7,13-16,18H2,1H3,(H2,25,26,29). The predicted molar refractivity (Wildman–Crippen MR) is 121 cm³/mol. The maximum atomic E-state index is 12.7. The van der Waals surface area contributed by atoms with Gasteiger partial charge in [-0.25, -0.2) is 4.79 Å². The van der Waals surface area contributed by atoms with Gasteiger partial charge in [-0.2, -0.15) is 0 Å². The SMILES string of the molecule is COc1ccccc1C(CNC(=O)Nc1cccc(N2CCCC2)c1)N1CCCC1. The molecule has 4 rings (SSSR count). The molecule has 2 N–H and O–H groups in total. The Morgan fingerprint density at radius 2 is 1.73 bits per heavy atom. The highest BCUT2D eigenvalue weighted by Gasteiger charge is 2.26. The molecular weight excluding hydrogens is 376 g/mol. The van der Waals surface area contributed by atoms with E-state index in [1.807, 2.05) is 30.3 Å². The molecule has 0 aromatic heterocycles. The van der Waals surface area contributed by atoms with E-state index in [1.54, 1.807) is 7.11 Å². The molecule has 0 saturated carbocycles. The fourth-order valence-corrected chi connectivity index (χ4v) is 4.55. The number of para-hydroxylation sites is 1. The summed E-state index contributed by atoms with van der Waals surface area (Å²) in [7, 11) is 1.70. The molecule has 2 aromatic carbocycles. The summed E-state index contributed by atoms with van der Waals surface area (Å²) in [6.07, 6.45) is 4.86. The minimum absolute atomic E-state index is 0.102. The van der Waals surface area contributed by atoms with Crippen molar-refractivity contribution < 1.29 is 9.53 Å². The molecule has 2 aliphatic heterocycles. The van der Waals surface area contributed by atoms with Crippen LogP contribution in [0.1, 0.15) is 37.3 Å². The van der Waals surface area contributed by atoms with Crippen molar-refractivity contribution in [3.8, 4) is 5.75 Å². The molecule has 2 amide bonds. The fourth-order valence-electron chi connectivity index (χ4n) is 4.55. The smallest absolute Gasteiger partial charge is 0.319 e. The van der Waals surface area contributed by atoms with Crippen LogP contribution in [-0.4, -0.2) is 50.8 Å². The van der Waals surface area contributed by atoms with Crippen LogP contribution >= 0.6 is 0 Å². The number of carbonyl (C=O) groups is 1. The molecular formula is C24H32N4O2. The molecule has 2 heterocycles. The third-order valence-electron chi connectivity index (χ3n) is 6.11. The van der Waals surface area contributed by atoms with E-state index in [0.29, 0.717) is 6.54 Å². The number of hydrogen-bond acceptors (Lipinski definition) is 4. The van der Waals surface area contributed by atoms with Crippen LogP contribution in [0.3, 0.4) is 0 Å². The van der Waals surface area contributed by atoms with Crippen molar-refractivity contribution in [1.82, 2.24) is 10.2 Å². The van der Waals surface area contributed by atoms with Crippen LogP contribution in [0.5, 0.6) is 5.75 Å². The van der Waals surface area contributed by atoms with Gasteiger partial charge in [-0.05, 0) is 63.0 Å². The van der Waals surface area contributed by atoms with Crippen LogP contribution in [0.2, 0.25) is 0 Å². The van der Waals surface area contributed by atoms with Crippen LogP contribution in [0.4, 0.5) is 16.2 Å². The van der Waals surface area contributed by atoms with Crippen LogP contribution in [0, 0.1) is 0 Å². The second-order valence-corrected chi connectivity index (χ2v) is 8.08. The van der Waals surface area contributed by atoms with Gasteiger partial charge >= 0.3 is 6.03 Å². The average Bonchev–Trinajstić information content (AvgIpc) is 3.49. The summed E-state index contributed by atoms with van der Waals surface area (Å²) in [5.41, 5.74) is 3.12. The molecule has 0 spiro atoms. The number of anilines is 2. The Morgan fingerprint density at radius 1 is 1.00 bits per heavy atom. The van der Waals surface area contributed by atoms with Crippen molar-refractivity contribution in [1.29, 1.82) is 0 Å². The number of benzene rings is 2. The first-order valence-electron chi connectivity index (χ1n) is 11.0. The van der Waals surface area contributed by atoms with Crippen LogP contribution < -0.4 is 20.3 Å². The molecule has 0 aliphatic carbocycles. The number of likely N-dealkylation sites (tertiary alicyclic amines) is 1. The van der Waals surface area contributed by atoms with Gasteiger partial charge in [0.15, 0.2) is 0 Å². The number of nitrogens with one attached hydrogen (secondary N) is 2. The van der Waals surface area contributed by atoms with E-state index in [0.717, 1.165) is 43.2 Å². The molecule has 2 aliphatic rings. The Kier molecular flexibility index (Phi) is 6.74. The van der Waals surface area contributed by atoms with Crippen LogP contribution in [0.15, 0.2) is 48.5 Å². The molecule has 0 radical (unpaired) electrons. The van der Waals surface area contributed by atoms with Crippen molar-refractivity contribution in [3.05, 3.63) is 54.1 Å². The van der Waals surface area contributed by atoms with Gasteiger partial charge in [0, 0.05) is 36.6 Å². The summed E-state index contributed by atoms with van der Waals surface area (Å²) < 4.78 is 5.59. The average molecular weight is 409 g/mol. The van der Waals surface area contributed by atoms with E-state index < -0.39 is 0 Å². The molecule has 2 fully saturated rings. The molecule has 160 valence electrons. The van der Waals surface area contributed by atoms with Gasteiger partial charge in [0.05, 0.1) is 13.2 Å². The number of hydrogen-bond donors (Lipinski definition) is 2. The molecule has 2 aromatic rings. The molecule has 2 saturated heterocycles. The molecule has 30 heavy (non-hydrogen) atoms. The lowest BCUT2D eigenvalue weighted by molar-refractivity contribution is 0.224. The second-order valence-electron chi connectivity index (χ2n) is 8.08. The van der Waals surface area contributed by atoms with Crippen molar-refractivity contribution in [2.45, 2.75) is 31.7 Å². The van der Waals surface area contributed by atoms with Crippen molar-refractivity contribution >= 4 is 17.4 Å². The second kappa shape index (κ2) is 9.85. The molecule has 1 unspecified atom stereocenters. The molecule has 6 heteroatoms. The minimum Gasteiger partial charge on any atom is -0.496 e. The lowest BCUT2D eigenvalue weighted by Crippen LogP contribution is -2.38. The van der Waals surface area contributed by atoms with Crippen LogP contribution in [0.25, 0.3) is 0 Å². The van der Waals surface area contributed by atoms with E-state index in [1.165, 1.54) is 31.4 Å². The first-order chi connectivity index (χ1) is 14.7. The van der Waals surface area contributed by atoms with Crippen molar-refractivity contribution in [3.63, 3.8) is 0 Å². The topological polar surface area (TPSA) is 56.8 Å². The van der Waals surface area contributed by atoms with Gasteiger partial charge in [-0.1, -0.05) is 24.3 Å². The molecule has 0 bridgehead atoms. The third kappa shape index (κ3) is 4.87. The Labute approximate surface area is 179 Å². The Morgan fingerprint density at radius 3 is 2.50 bits per heavy atom. The summed E-state index contributed by atoms with van der Waals surface area (Å²) in [6, 6.07) is 16.1. The summed E-state index contributed by atoms with van der Waals surface area (Å²) in [6.45, 7) is 4.81. The summed E-state index contributed by atoms with van der Waals surface area (Å²) in [5, 5.41) is 6.09. The lowest BCUT2D eigenvalue weighted by atomic mass is 10.0. The highest BCUT2D eigenvalue weighted by Crippen LogP contribution is 2.31. The van der Waals surface area contributed by atoms with Gasteiger partial charge in [0.1, 0.15) is 5.75 Å². The quantitative estimate of drug-likeness (QED) is 0.719. The third-order valence-corrected chi connectivity index (χ3v) is 6.11. The zero-order valence-corrected chi connectivity index (χ0v) is 17.8. The molecule has 6 nitrogen and oxygen atoms in total. The monoisotopic (exact) mass is 408 g/mol. The summed E-state index contributed by atoms with van der Waals surface area (Å²) >= 11 is 0. The van der Waals surface area contributed by atoms with Gasteiger partial charge in [-0.15, -0.1) is 0 Å². The predicted octanol–water partition coefficient (Wildman–Crippen LogP) is 4.25.